The van der Waals surface area contributed by atoms with Gasteiger partial charge in [0.2, 0.25) is 11.8 Å². The van der Waals surface area contributed by atoms with Gasteiger partial charge in [-0.05, 0) is 49.6 Å². The molecule has 1 atom stereocenters. The van der Waals surface area contributed by atoms with Gasteiger partial charge in [0.1, 0.15) is 6.04 Å². The smallest absolute Gasteiger partial charge is 0.261 e. The van der Waals surface area contributed by atoms with Crippen LogP contribution in [0.25, 0.3) is 10.9 Å². The Morgan fingerprint density at radius 1 is 1.15 bits per heavy atom. The first kappa shape index (κ1) is 20.9. The lowest BCUT2D eigenvalue weighted by Gasteiger charge is -2.20. The van der Waals surface area contributed by atoms with E-state index < -0.39 is 6.04 Å². The molecule has 0 saturated carbocycles. The average Bonchev–Trinajstić information content (AvgIpc) is 3.28. The van der Waals surface area contributed by atoms with Crippen molar-refractivity contribution in [1.82, 2.24) is 14.5 Å². The Bertz CT molecular complexity index is 1330. The average molecular weight is 445 g/mol. The quantitative estimate of drug-likeness (QED) is 0.626. The summed E-state index contributed by atoms with van der Waals surface area (Å²) in [7, 11) is 0. The minimum atomic E-state index is -0.434. The molecule has 3 aromatic rings. The number of rotatable bonds is 5. The molecule has 1 saturated heterocycles. The molecule has 0 spiro atoms. The highest BCUT2D eigenvalue weighted by atomic mass is 16.2. The summed E-state index contributed by atoms with van der Waals surface area (Å²) in [6.07, 6.45) is 3.62. The van der Waals surface area contributed by atoms with Gasteiger partial charge in [-0.25, -0.2) is 4.98 Å². The molecule has 2 aliphatic heterocycles. The van der Waals surface area contributed by atoms with Crippen molar-refractivity contribution in [3.05, 3.63) is 64.7 Å². The van der Waals surface area contributed by atoms with Gasteiger partial charge >= 0.3 is 0 Å². The minimum Gasteiger partial charge on any atom is -0.327 e. The molecule has 0 bridgehead atoms. The van der Waals surface area contributed by atoms with Crippen LogP contribution in [0.2, 0.25) is 0 Å². The van der Waals surface area contributed by atoms with E-state index in [0.717, 1.165) is 6.42 Å². The van der Waals surface area contributed by atoms with E-state index in [1.165, 1.54) is 10.9 Å². The molecule has 0 aliphatic carbocycles. The highest BCUT2D eigenvalue weighted by Crippen LogP contribution is 2.30. The van der Waals surface area contributed by atoms with Gasteiger partial charge < -0.3 is 15.5 Å². The molecule has 9 nitrogen and oxygen atoms in total. The van der Waals surface area contributed by atoms with Crippen molar-refractivity contribution in [3.8, 4) is 0 Å². The number of aromatic nitrogens is 2. The number of nitrogens with zero attached hydrogens (tertiary/aromatic N) is 3. The normalized spacial score (nSPS) is 17.3. The van der Waals surface area contributed by atoms with Crippen LogP contribution in [-0.4, -0.2) is 44.8 Å². The number of hydrogen-bond acceptors (Lipinski definition) is 5. The maximum atomic E-state index is 12.9. The standard InChI is InChI=1S/C24H23N5O4/c30-21(8-4-11-28-14-25-18-6-2-1-5-16(18)23(28)32)26-15-9-10-19-17(13-15)24(33)29-12-3-7-20(29)22(31)27-19/h1-2,5-6,9-10,13-14,20H,3-4,7-8,11-12H2,(H,26,30)(H,27,31)/t20-/m0/s1. The zero-order chi connectivity index (χ0) is 22.9. The SMILES string of the molecule is O=C(CCCn1cnc2ccccc2c1=O)Nc1ccc2c(c1)C(=O)N1CCC[C@H]1C(=O)N2. The van der Waals surface area contributed by atoms with Gasteiger partial charge in [-0.2, -0.15) is 0 Å². The maximum Gasteiger partial charge on any atom is 0.261 e. The first-order chi connectivity index (χ1) is 16.0. The van der Waals surface area contributed by atoms with Crippen molar-refractivity contribution in [3.63, 3.8) is 0 Å². The number of carbonyl (C=O) groups excluding carboxylic acids is 3. The highest BCUT2D eigenvalue weighted by molar-refractivity contribution is 6.11. The van der Waals surface area contributed by atoms with Crippen molar-refractivity contribution >= 4 is 40.0 Å². The fourth-order valence-corrected chi connectivity index (χ4v) is 4.46. The molecule has 2 aliphatic rings. The van der Waals surface area contributed by atoms with Gasteiger partial charge in [-0.15, -0.1) is 0 Å². The number of carbonyl (C=O) groups is 3. The molecule has 2 aromatic carbocycles. The molecule has 5 rings (SSSR count). The van der Waals surface area contributed by atoms with E-state index in [-0.39, 0.29) is 29.7 Å². The molecule has 1 aromatic heterocycles. The lowest BCUT2D eigenvalue weighted by molar-refractivity contribution is -0.119. The zero-order valence-corrected chi connectivity index (χ0v) is 17.9. The number of para-hydroxylation sites is 1. The Morgan fingerprint density at radius 2 is 2.00 bits per heavy atom. The van der Waals surface area contributed by atoms with E-state index >= 15 is 0 Å². The van der Waals surface area contributed by atoms with Gasteiger partial charge in [0.05, 0.1) is 28.5 Å². The topological polar surface area (TPSA) is 113 Å². The summed E-state index contributed by atoms with van der Waals surface area (Å²) >= 11 is 0. The monoisotopic (exact) mass is 445 g/mol. The first-order valence-electron chi connectivity index (χ1n) is 11.0. The lowest BCUT2D eigenvalue weighted by Crippen LogP contribution is -2.40. The van der Waals surface area contributed by atoms with Gasteiger partial charge in [-0.1, -0.05) is 12.1 Å². The second-order valence-electron chi connectivity index (χ2n) is 8.32. The Hall–Kier alpha value is -4.01. The number of hydrogen-bond donors (Lipinski definition) is 2. The summed E-state index contributed by atoms with van der Waals surface area (Å²) in [5.74, 6) is -0.596. The molecule has 3 heterocycles. The van der Waals surface area contributed by atoms with Crippen LogP contribution >= 0.6 is 0 Å². The van der Waals surface area contributed by atoms with Crippen LogP contribution < -0.4 is 16.2 Å². The van der Waals surface area contributed by atoms with Crippen LogP contribution in [0, 0.1) is 0 Å². The van der Waals surface area contributed by atoms with Crippen LogP contribution in [0.3, 0.4) is 0 Å². The number of anilines is 2. The summed E-state index contributed by atoms with van der Waals surface area (Å²) in [6.45, 7) is 0.922. The molecule has 33 heavy (non-hydrogen) atoms. The second-order valence-corrected chi connectivity index (χ2v) is 8.32. The number of amides is 3. The maximum absolute atomic E-state index is 12.9. The van der Waals surface area contributed by atoms with Crippen LogP contribution in [0.4, 0.5) is 11.4 Å². The minimum absolute atomic E-state index is 0.132. The zero-order valence-electron chi connectivity index (χ0n) is 17.9. The number of benzene rings is 2. The summed E-state index contributed by atoms with van der Waals surface area (Å²) in [6, 6.07) is 11.6. The third-order valence-corrected chi connectivity index (χ3v) is 6.14. The molecule has 9 heteroatoms. The second kappa shape index (κ2) is 8.50. The number of aryl methyl sites for hydroxylation is 1. The van der Waals surface area contributed by atoms with Crippen LogP contribution in [-0.2, 0) is 16.1 Å². The van der Waals surface area contributed by atoms with Crippen molar-refractivity contribution in [2.45, 2.75) is 38.3 Å². The molecule has 2 N–H and O–H groups in total. The molecular formula is C24H23N5O4. The van der Waals surface area contributed by atoms with Crippen molar-refractivity contribution in [2.24, 2.45) is 0 Å². The molecule has 3 amide bonds. The summed E-state index contributed by atoms with van der Waals surface area (Å²) in [5, 5.41) is 6.18. The molecule has 0 unspecified atom stereocenters. The van der Waals surface area contributed by atoms with Crippen LogP contribution in [0.5, 0.6) is 0 Å². The van der Waals surface area contributed by atoms with E-state index in [1.807, 2.05) is 6.07 Å². The van der Waals surface area contributed by atoms with E-state index in [0.29, 0.717) is 53.8 Å². The Morgan fingerprint density at radius 3 is 2.88 bits per heavy atom. The van der Waals surface area contributed by atoms with Crippen LogP contribution in [0.15, 0.2) is 53.6 Å². The molecule has 168 valence electrons. The largest absolute Gasteiger partial charge is 0.327 e. The van der Waals surface area contributed by atoms with Gasteiger partial charge in [0.25, 0.3) is 11.5 Å². The molecule has 1 fully saturated rings. The van der Waals surface area contributed by atoms with E-state index in [4.69, 9.17) is 0 Å². The van der Waals surface area contributed by atoms with Crippen molar-refractivity contribution in [2.75, 3.05) is 17.2 Å². The Balaban J connectivity index is 1.24. The fourth-order valence-electron chi connectivity index (χ4n) is 4.46. The lowest BCUT2D eigenvalue weighted by atomic mass is 10.1. The third kappa shape index (κ3) is 3.97. The first-order valence-corrected chi connectivity index (χ1v) is 11.0. The van der Waals surface area contributed by atoms with E-state index in [2.05, 4.69) is 15.6 Å². The van der Waals surface area contributed by atoms with Crippen molar-refractivity contribution in [1.29, 1.82) is 0 Å². The number of fused-ring (bicyclic) bond motifs is 3. The molecule has 0 radical (unpaired) electrons. The Kier molecular flexibility index (Phi) is 5.37. The van der Waals surface area contributed by atoms with Gasteiger partial charge in [0, 0.05) is 25.2 Å². The number of nitrogens with one attached hydrogen (secondary N) is 2. The third-order valence-electron chi connectivity index (χ3n) is 6.14. The summed E-state index contributed by atoms with van der Waals surface area (Å²) in [5.41, 5.74) is 1.83. The highest BCUT2D eigenvalue weighted by Gasteiger charge is 2.38. The predicted octanol–water partition coefficient (Wildman–Crippen LogP) is 2.37. The van der Waals surface area contributed by atoms with Crippen molar-refractivity contribution < 1.29 is 14.4 Å². The predicted molar refractivity (Wildman–Crippen MR) is 123 cm³/mol. The summed E-state index contributed by atoms with van der Waals surface area (Å²) < 4.78 is 1.51. The fraction of sp³-hybridized carbons (Fsp3) is 0.292. The van der Waals surface area contributed by atoms with Crippen LogP contribution in [0.1, 0.15) is 36.0 Å². The van der Waals surface area contributed by atoms with E-state index in [9.17, 15) is 19.2 Å². The molecular weight excluding hydrogens is 422 g/mol. The van der Waals surface area contributed by atoms with E-state index in [1.54, 1.807) is 41.3 Å². The van der Waals surface area contributed by atoms with Gasteiger partial charge in [0.15, 0.2) is 0 Å². The van der Waals surface area contributed by atoms with Gasteiger partial charge in [-0.3, -0.25) is 23.7 Å². The summed E-state index contributed by atoms with van der Waals surface area (Å²) in [4.78, 5) is 56.2. The Labute approximate surface area is 189 Å².